The predicted octanol–water partition coefficient (Wildman–Crippen LogP) is 2.47. The molecule has 0 amide bonds. The van der Waals surface area contributed by atoms with E-state index in [1.54, 1.807) is 0 Å². The van der Waals surface area contributed by atoms with Crippen molar-refractivity contribution in [2.75, 3.05) is 0 Å². The first-order valence-electron chi connectivity index (χ1n) is 3.22. The summed E-state index contributed by atoms with van der Waals surface area (Å²) in [6, 6.07) is 0. The smallest absolute Gasteiger partial charge is 0.275 e. The molecule has 0 fully saturated rings. The van der Waals surface area contributed by atoms with E-state index >= 15 is 0 Å². The minimum absolute atomic E-state index is 0. The van der Waals surface area contributed by atoms with Gasteiger partial charge in [-0.05, 0) is 0 Å². The Hall–Kier alpha value is 0.103. The zero-order valence-corrected chi connectivity index (χ0v) is 7.15. The average molecular weight is 208 g/mol. The van der Waals surface area contributed by atoms with Crippen molar-refractivity contribution in [2.24, 2.45) is 0 Å². The molecule has 1 aliphatic rings. The first-order chi connectivity index (χ1) is 4.00. The topological polar surface area (TPSA) is 0 Å². The van der Waals surface area contributed by atoms with Crippen LogP contribution in [0.15, 0.2) is 18.2 Å². The van der Waals surface area contributed by atoms with Crippen molar-refractivity contribution in [3.05, 3.63) is 24.3 Å². The molecule has 0 spiro atoms. The van der Waals surface area contributed by atoms with Gasteiger partial charge in [-0.2, -0.15) is 6.08 Å². The summed E-state index contributed by atoms with van der Waals surface area (Å²) in [4.78, 5) is 0. The molecule has 0 nitrogen and oxygen atoms in total. The second-order valence-electron chi connectivity index (χ2n) is 2.04. The van der Waals surface area contributed by atoms with Crippen LogP contribution < -0.4 is 0 Å². The molecule has 0 aromatic carbocycles. The van der Waals surface area contributed by atoms with Crippen molar-refractivity contribution in [2.45, 2.75) is 25.7 Å². The zero-order chi connectivity index (χ0) is 5.66. The average Bonchev–Trinajstić information content (AvgIpc) is 1.62. The van der Waals surface area contributed by atoms with E-state index < -0.39 is 0 Å². The Kier molecular flexibility index (Phi) is 6.30. The third-order valence-corrected chi connectivity index (χ3v) is 1.29. The van der Waals surface area contributed by atoms with Crippen molar-refractivity contribution in [3.8, 4) is 0 Å². The molecular weight excluding hydrogens is 197 g/mol. The Morgan fingerprint density at radius 2 is 2.11 bits per heavy atom. The van der Waals surface area contributed by atoms with E-state index in [2.05, 4.69) is 18.2 Å². The summed E-state index contributed by atoms with van der Waals surface area (Å²) in [6.45, 7) is 0. The Morgan fingerprint density at radius 1 is 1.22 bits per heavy atom. The van der Waals surface area contributed by atoms with E-state index in [4.69, 9.17) is 0 Å². The van der Waals surface area contributed by atoms with Gasteiger partial charge in [0.25, 0.3) is 0 Å². The quantitative estimate of drug-likeness (QED) is 0.424. The van der Waals surface area contributed by atoms with Crippen LogP contribution in [-0.2, 0) is 19.5 Å². The molecule has 1 heteroatoms. The van der Waals surface area contributed by atoms with Crippen molar-refractivity contribution in [1.82, 2.24) is 0 Å². The van der Waals surface area contributed by atoms with Gasteiger partial charge in [0.05, 0.1) is 0 Å². The molecule has 0 heterocycles. The Morgan fingerprint density at radius 3 is 3.00 bits per heavy atom. The van der Waals surface area contributed by atoms with E-state index in [0.29, 0.717) is 0 Å². The maximum Gasteiger partial charge on any atom is 1.00 e. The molecule has 51 valence electrons. The van der Waals surface area contributed by atoms with Crippen LogP contribution in [0, 0.1) is 6.08 Å². The van der Waals surface area contributed by atoms with Crippen molar-refractivity contribution in [1.29, 1.82) is 0 Å². The molecule has 0 aromatic heterocycles. The molecule has 0 bridgehead atoms. The molecule has 1 radical (unpaired) electrons. The van der Waals surface area contributed by atoms with Crippen LogP contribution in [0.3, 0.4) is 0 Å². The summed E-state index contributed by atoms with van der Waals surface area (Å²) in [6.07, 6.45) is 14.5. The van der Waals surface area contributed by atoms with Gasteiger partial charge in [-0.1, -0.05) is 19.3 Å². The molecular formula is C8H11Ru. The standard InChI is InChI=1S/C8H11.Ru/c1-2-4-6-8-7-5-3-1;/h1-3H,4,6-8H2;/q-1;+1/b2-1-;. The molecule has 0 N–H and O–H groups in total. The minimum Gasteiger partial charge on any atom is -0.275 e. The maximum absolute atomic E-state index is 3.18. The number of hydrogen-bond donors (Lipinski definition) is 0. The van der Waals surface area contributed by atoms with Gasteiger partial charge in [-0.15, -0.1) is 6.42 Å². The summed E-state index contributed by atoms with van der Waals surface area (Å²) < 4.78 is 0. The predicted molar refractivity (Wildman–Crippen MR) is 35.4 cm³/mol. The SMILES string of the molecule is [C-]1=C/C=C\CCCC1.[Ru+]. The summed E-state index contributed by atoms with van der Waals surface area (Å²) in [5, 5.41) is 0. The van der Waals surface area contributed by atoms with Crippen LogP contribution in [0.25, 0.3) is 0 Å². The van der Waals surface area contributed by atoms with Crippen LogP contribution in [0.5, 0.6) is 0 Å². The monoisotopic (exact) mass is 209 g/mol. The van der Waals surface area contributed by atoms with Crippen LogP contribution in [0.1, 0.15) is 25.7 Å². The number of allylic oxidation sites excluding steroid dienone is 4. The molecule has 0 unspecified atom stereocenters. The Bertz CT molecular complexity index is 89.1. The van der Waals surface area contributed by atoms with E-state index in [0.717, 1.165) is 6.42 Å². The minimum atomic E-state index is 0. The van der Waals surface area contributed by atoms with Crippen LogP contribution in [0.2, 0.25) is 0 Å². The fourth-order valence-electron chi connectivity index (χ4n) is 0.805. The molecule has 1 aliphatic carbocycles. The van der Waals surface area contributed by atoms with E-state index in [1.165, 1.54) is 19.3 Å². The summed E-state index contributed by atoms with van der Waals surface area (Å²) in [5.74, 6) is 0. The van der Waals surface area contributed by atoms with Gasteiger partial charge < -0.3 is 0 Å². The number of hydrogen-bond acceptors (Lipinski definition) is 0. The zero-order valence-electron chi connectivity index (χ0n) is 5.41. The second-order valence-corrected chi connectivity index (χ2v) is 2.04. The van der Waals surface area contributed by atoms with Gasteiger partial charge in [0.1, 0.15) is 0 Å². The molecule has 0 aliphatic heterocycles. The van der Waals surface area contributed by atoms with Crippen molar-refractivity contribution < 1.29 is 19.5 Å². The third-order valence-electron chi connectivity index (χ3n) is 1.29. The molecule has 0 saturated carbocycles. The molecule has 0 atom stereocenters. The van der Waals surface area contributed by atoms with Gasteiger partial charge >= 0.3 is 19.5 Å². The summed E-state index contributed by atoms with van der Waals surface area (Å²) >= 11 is 0. The molecule has 0 saturated heterocycles. The van der Waals surface area contributed by atoms with Crippen molar-refractivity contribution >= 4 is 0 Å². The fourth-order valence-corrected chi connectivity index (χ4v) is 0.805. The van der Waals surface area contributed by atoms with Gasteiger partial charge in [-0.3, -0.25) is 6.08 Å². The van der Waals surface area contributed by atoms with Crippen LogP contribution in [-0.4, -0.2) is 0 Å². The first kappa shape index (κ1) is 9.10. The van der Waals surface area contributed by atoms with Gasteiger partial charge in [0, 0.05) is 0 Å². The first-order valence-corrected chi connectivity index (χ1v) is 3.22. The molecule has 9 heavy (non-hydrogen) atoms. The third kappa shape index (κ3) is 4.60. The second kappa shape index (κ2) is 6.23. The normalized spacial score (nSPS) is 21.3. The van der Waals surface area contributed by atoms with Crippen LogP contribution >= 0.6 is 0 Å². The number of rotatable bonds is 0. The van der Waals surface area contributed by atoms with E-state index in [1.807, 2.05) is 6.08 Å². The fraction of sp³-hybridized carbons (Fsp3) is 0.500. The van der Waals surface area contributed by atoms with E-state index in [-0.39, 0.29) is 19.5 Å². The Balaban J connectivity index is 0.000000640. The van der Waals surface area contributed by atoms with Gasteiger partial charge in [-0.25, -0.2) is 12.2 Å². The molecule has 1 rings (SSSR count). The summed E-state index contributed by atoms with van der Waals surface area (Å²) in [7, 11) is 0. The van der Waals surface area contributed by atoms with Crippen molar-refractivity contribution in [3.63, 3.8) is 0 Å². The van der Waals surface area contributed by atoms with E-state index in [9.17, 15) is 0 Å². The van der Waals surface area contributed by atoms with Gasteiger partial charge in [0.2, 0.25) is 0 Å². The summed E-state index contributed by atoms with van der Waals surface area (Å²) in [5.41, 5.74) is 0. The Labute approximate surface area is 69.8 Å². The van der Waals surface area contributed by atoms with Gasteiger partial charge in [0.15, 0.2) is 0 Å². The largest absolute Gasteiger partial charge is 1.00 e. The molecule has 0 aromatic rings. The van der Waals surface area contributed by atoms with Crippen LogP contribution in [0.4, 0.5) is 0 Å². The maximum atomic E-state index is 3.18.